The van der Waals surface area contributed by atoms with Gasteiger partial charge in [-0.1, -0.05) is 251 Å². The molecule has 1 amide bonds. The average molecular weight is 831 g/mol. The van der Waals surface area contributed by atoms with Gasteiger partial charge in [-0.05, 0) is 12.8 Å². The molecule has 9 heteroatoms. The van der Waals surface area contributed by atoms with Crippen LogP contribution in [0.4, 0.5) is 0 Å². The minimum Gasteiger partial charge on any atom is -0.391 e. The van der Waals surface area contributed by atoms with Crippen LogP contribution in [0, 0.1) is 0 Å². The van der Waals surface area contributed by atoms with Crippen LogP contribution in [0.15, 0.2) is 0 Å². The number of unbranched alkanes of at least 4 members (excludes halogenated alkanes) is 36. The van der Waals surface area contributed by atoms with Gasteiger partial charge in [-0.2, -0.15) is 0 Å². The summed E-state index contributed by atoms with van der Waals surface area (Å²) in [5, 5.41) is 13.9. The van der Waals surface area contributed by atoms with Gasteiger partial charge in [-0.3, -0.25) is 13.8 Å². The van der Waals surface area contributed by atoms with Gasteiger partial charge in [0.05, 0.1) is 25.4 Å². The largest absolute Gasteiger partial charge is 0.472 e. The molecule has 0 saturated heterocycles. The molecular weight excluding hydrogens is 732 g/mol. The van der Waals surface area contributed by atoms with E-state index in [2.05, 4.69) is 19.2 Å². The van der Waals surface area contributed by atoms with Gasteiger partial charge in [-0.25, -0.2) is 4.57 Å². The molecule has 0 spiro atoms. The van der Waals surface area contributed by atoms with Crippen molar-refractivity contribution in [3.05, 3.63) is 0 Å². The van der Waals surface area contributed by atoms with Crippen molar-refractivity contribution in [3.8, 4) is 0 Å². The Morgan fingerprint density at radius 3 is 1.12 bits per heavy atom. The minimum absolute atomic E-state index is 0.0927. The van der Waals surface area contributed by atoms with Crippen molar-refractivity contribution >= 4 is 13.7 Å². The van der Waals surface area contributed by atoms with Crippen molar-refractivity contribution in [2.45, 2.75) is 283 Å². The first-order valence-corrected chi connectivity index (χ1v) is 26.6. The molecule has 0 aliphatic rings. The Morgan fingerprint density at radius 1 is 0.509 bits per heavy atom. The molecule has 0 rings (SSSR count). The van der Waals surface area contributed by atoms with Crippen LogP contribution in [0.5, 0.6) is 0 Å². The van der Waals surface area contributed by atoms with E-state index in [0.29, 0.717) is 12.8 Å². The normalized spacial score (nSPS) is 13.8. The van der Waals surface area contributed by atoms with E-state index < -0.39 is 20.0 Å². The maximum atomic E-state index is 12.8. The van der Waals surface area contributed by atoms with Crippen LogP contribution in [-0.2, 0) is 18.4 Å². The Balaban J connectivity index is 3.98. The molecule has 0 bridgehead atoms. The third kappa shape index (κ3) is 43.4. The van der Waals surface area contributed by atoms with Gasteiger partial charge >= 0.3 is 7.82 Å². The highest BCUT2D eigenvalue weighted by Crippen LogP contribution is 2.43. The number of rotatable bonds is 48. The van der Waals surface area contributed by atoms with Crippen molar-refractivity contribution in [2.75, 3.05) is 19.8 Å². The number of aliphatic hydroxyl groups excluding tert-OH is 1. The Morgan fingerprint density at radius 2 is 0.807 bits per heavy atom. The van der Waals surface area contributed by atoms with Crippen molar-refractivity contribution in [2.24, 2.45) is 5.73 Å². The first-order valence-electron chi connectivity index (χ1n) is 25.2. The molecule has 0 fully saturated rings. The van der Waals surface area contributed by atoms with Crippen LogP contribution < -0.4 is 11.1 Å². The number of hydrogen-bond donors (Lipinski definition) is 4. The number of nitrogens with one attached hydrogen (secondary N) is 1. The monoisotopic (exact) mass is 831 g/mol. The van der Waals surface area contributed by atoms with Crippen LogP contribution in [0.1, 0.15) is 271 Å². The Hall–Kier alpha value is -0.500. The molecule has 0 aromatic carbocycles. The maximum absolute atomic E-state index is 12.8. The Kier molecular flexibility index (Phi) is 44.6. The van der Waals surface area contributed by atoms with Crippen molar-refractivity contribution in [1.29, 1.82) is 0 Å². The molecule has 0 aliphatic carbocycles. The zero-order valence-corrected chi connectivity index (χ0v) is 39.0. The number of aliphatic hydroxyl groups is 1. The molecule has 0 aromatic rings. The third-order valence-electron chi connectivity index (χ3n) is 11.7. The molecule has 57 heavy (non-hydrogen) atoms. The standard InChI is InChI=1S/C48H99N2O6P/c1-3-5-7-9-11-13-15-17-19-20-21-22-23-24-25-26-28-30-32-34-36-38-40-42-48(52)50-46(45-56-57(53,54)55-44-43-49)47(51)41-39-37-35-33-31-29-27-18-16-14-12-10-8-6-4-2/h46-47,51H,3-45,49H2,1-2H3,(H,50,52)(H,53,54)/t46-,47+/m0/s1. The van der Waals surface area contributed by atoms with Gasteiger partial charge in [0.15, 0.2) is 0 Å². The average Bonchev–Trinajstić information content (AvgIpc) is 3.20. The highest BCUT2D eigenvalue weighted by molar-refractivity contribution is 7.47. The fourth-order valence-corrected chi connectivity index (χ4v) is 8.66. The lowest BCUT2D eigenvalue weighted by atomic mass is 10.0. The quantitative estimate of drug-likeness (QED) is 0.0355. The molecule has 0 radical (unpaired) electrons. The summed E-state index contributed by atoms with van der Waals surface area (Å²) in [5.41, 5.74) is 5.39. The van der Waals surface area contributed by atoms with Crippen molar-refractivity contribution in [1.82, 2.24) is 5.32 Å². The second-order valence-electron chi connectivity index (χ2n) is 17.4. The van der Waals surface area contributed by atoms with Crippen LogP contribution in [-0.4, -0.2) is 47.8 Å². The number of hydrogen-bond acceptors (Lipinski definition) is 6. The second-order valence-corrected chi connectivity index (χ2v) is 18.8. The van der Waals surface area contributed by atoms with Crippen LogP contribution in [0.2, 0.25) is 0 Å². The molecule has 342 valence electrons. The SMILES string of the molecule is CCCCCCCCCCCCCCCCCCCCCCCCCC(=O)N[C@@H](COP(=O)(O)OCCN)[C@H](O)CCCCCCCCCCCCCCCCC. The summed E-state index contributed by atoms with van der Waals surface area (Å²) < 4.78 is 22.3. The predicted octanol–water partition coefficient (Wildman–Crippen LogP) is 14.6. The summed E-state index contributed by atoms with van der Waals surface area (Å²) in [5.74, 6) is -0.154. The third-order valence-corrected chi connectivity index (χ3v) is 12.7. The lowest BCUT2D eigenvalue weighted by Crippen LogP contribution is -2.46. The maximum Gasteiger partial charge on any atom is 0.472 e. The van der Waals surface area contributed by atoms with Gasteiger partial charge in [0, 0.05) is 13.0 Å². The van der Waals surface area contributed by atoms with E-state index in [9.17, 15) is 19.4 Å². The predicted molar refractivity (Wildman–Crippen MR) is 245 cm³/mol. The highest BCUT2D eigenvalue weighted by Gasteiger charge is 2.27. The van der Waals surface area contributed by atoms with E-state index in [1.807, 2.05) is 0 Å². The number of amides is 1. The smallest absolute Gasteiger partial charge is 0.391 e. The summed E-state index contributed by atoms with van der Waals surface area (Å²) >= 11 is 0. The van der Waals surface area contributed by atoms with Gasteiger partial charge in [0.1, 0.15) is 0 Å². The fraction of sp³-hybridized carbons (Fsp3) is 0.979. The lowest BCUT2D eigenvalue weighted by molar-refractivity contribution is -0.123. The van der Waals surface area contributed by atoms with Crippen LogP contribution in [0.3, 0.4) is 0 Å². The molecule has 0 heterocycles. The molecule has 8 nitrogen and oxygen atoms in total. The number of carbonyl (C=O) groups is 1. The number of carbonyl (C=O) groups excluding carboxylic acids is 1. The van der Waals surface area contributed by atoms with E-state index in [4.69, 9.17) is 14.8 Å². The summed E-state index contributed by atoms with van der Waals surface area (Å²) in [6.45, 7) is 4.25. The zero-order chi connectivity index (χ0) is 41.8. The minimum atomic E-state index is -4.31. The molecule has 5 N–H and O–H groups in total. The summed E-state index contributed by atoms with van der Waals surface area (Å²) in [6.07, 6.45) is 49.8. The van der Waals surface area contributed by atoms with Gasteiger partial charge < -0.3 is 21.1 Å². The van der Waals surface area contributed by atoms with Crippen LogP contribution in [0.25, 0.3) is 0 Å². The van der Waals surface area contributed by atoms with Gasteiger partial charge in [-0.15, -0.1) is 0 Å². The summed E-state index contributed by atoms with van der Waals surface area (Å²) in [6, 6.07) is -0.768. The van der Waals surface area contributed by atoms with Crippen molar-refractivity contribution in [3.63, 3.8) is 0 Å². The van der Waals surface area contributed by atoms with E-state index in [1.54, 1.807) is 0 Å². The summed E-state index contributed by atoms with van der Waals surface area (Å²) in [4.78, 5) is 22.8. The zero-order valence-electron chi connectivity index (χ0n) is 38.1. The molecular formula is C48H99N2O6P. The van der Waals surface area contributed by atoms with Gasteiger partial charge in [0.25, 0.3) is 0 Å². The molecule has 0 aliphatic heterocycles. The first kappa shape index (κ1) is 56.5. The molecule has 1 unspecified atom stereocenters. The molecule has 0 aromatic heterocycles. The Labute approximate surface area is 354 Å². The van der Waals surface area contributed by atoms with Crippen LogP contribution >= 0.6 is 7.82 Å². The number of nitrogens with two attached hydrogens (primary N) is 1. The number of phosphoric acid groups is 1. The first-order chi connectivity index (χ1) is 27.9. The van der Waals surface area contributed by atoms with E-state index in [0.717, 1.165) is 38.5 Å². The van der Waals surface area contributed by atoms with Crippen molar-refractivity contribution < 1.29 is 28.4 Å². The lowest BCUT2D eigenvalue weighted by Gasteiger charge is -2.25. The summed E-state index contributed by atoms with van der Waals surface area (Å²) in [7, 11) is -4.31. The molecule has 0 saturated carbocycles. The Bertz CT molecular complexity index is 865. The second kappa shape index (κ2) is 45.0. The fourth-order valence-electron chi connectivity index (χ4n) is 7.90. The number of phosphoric ester groups is 1. The van der Waals surface area contributed by atoms with Gasteiger partial charge in [0.2, 0.25) is 5.91 Å². The van der Waals surface area contributed by atoms with E-state index in [1.165, 1.54) is 205 Å². The molecule has 3 atom stereocenters. The topological polar surface area (TPSA) is 131 Å². The van der Waals surface area contributed by atoms with E-state index in [-0.39, 0.29) is 25.7 Å². The highest BCUT2D eigenvalue weighted by atomic mass is 31.2. The van der Waals surface area contributed by atoms with E-state index >= 15 is 0 Å².